The van der Waals surface area contributed by atoms with Gasteiger partial charge in [0, 0.05) is 7.11 Å². The van der Waals surface area contributed by atoms with Crippen LogP contribution >= 0.6 is 0 Å². The molecule has 0 unspecified atom stereocenters. The van der Waals surface area contributed by atoms with Gasteiger partial charge in [-0.1, -0.05) is 41.5 Å². The molecule has 0 amide bonds. The molecule has 0 aliphatic rings. The number of methoxy groups -OCH3 is 1. The van der Waals surface area contributed by atoms with Crippen LogP contribution in [0.5, 0.6) is 0 Å². The molecule has 0 heterocycles. The summed E-state index contributed by atoms with van der Waals surface area (Å²) in [7, 11) is 1.55. The second-order valence-corrected chi connectivity index (χ2v) is 6.14. The van der Waals surface area contributed by atoms with Crippen LogP contribution in [-0.4, -0.2) is 24.8 Å². The highest BCUT2D eigenvalue weighted by atomic mass is 16.5. The zero-order valence-corrected chi connectivity index (χ0v) is 11.0. The van der Waals surface area contributed by atoms with Gasteiger partial charge in [-0.15, -0.1) is 0 Å². The highest BCUT2D eigenvalue weighted by Gasteiger charge is 2.56. The smallest absolute Gasteiger partial charge is 0.313 e. The number of ether oxygens (including phenoxy) is 1. The first-order chi connectivity index (χ1) is 6.50. The summed E-state index contributed by atoms with van der Waals surface area (Å²) in [5.41, 5.74) is -1.59. The minimum Gasteiger partial charge on any atom is -0.481 e. The topological polar surface area (TPSA) is 46.5 Å². The fraction of sp³-hybridized carbons (Fsp3) is 0.917. The molecular weight excluding hydrogens is 192 g/mol. The summed E-state index contributed by atoms with van der Waals surface area (Å²) in [4.78, 5) is 11.6. The minimum absolute atomic E-state index is 0.231. The van der Waals surface area contributed by atoms with Gasteiger partial charge in [0.25, 0.3) is 0 Å². The molecule has 0 aromatic heterocycles. The van der Waals surface area contributed by atoms with E-state index in [-0.39, 0.29) is 17.4 Å². The molecule has 0 aliphatic heterocycles. The molecule has 0 spiro atoms. The molecule has 3 heteroatoms. The van der Waals surface area contributed by atoms with Crippen LogP contribution in [0.15, 0.2) is 0 Å². The second-order valence-electron chi connectivity index (χ2n) is 6.14. The van der Waals surface area contributed by atoms with E-state index in [4.69, 9.17) is 4.74 Å². The van der Waals surface area contributed by atoms with Crippen LogP contribution in [0.2, 0.25) is 0 Å². The maximum Gasteiger partial charge on any atom is 0.313 e. The molecule has 0 aliphatic carbocycles. The first kappa shape index (κ1) is 14.4. The Balaban J connectivity index is 5.61. The molecule has 0 atom stereocenters. The third-order valence-corrected chi connectivity index (χ3v) is 3.29. The largest absolute Gasteiger partial charge is 0.481 e. The van der Waals surface area contributed by atoms with E-state index >= 15 is 0 Å². The lowest BCUT2D eigenvalue weighted by Crippen LogP contribution is -2.55. The second kappa shape index (κ2) is 4.12. The van der Waals surface area contributed by atoms with Gasteiger partial charge in [-0.05, 0) is 10.8 Å². The number of hydrogen-bond donors (Lipinski definition) is 1. The molecule has 15 heavy (non-hydrogen) atoms. The average Bonchev–Trinajstić information content (AvgIpc) is 1.93. The number of aliphatic carboxylic acids is 1. The summed E-state index contributed by atoms with van der Waals surface area (Å²) in [6, 6.07) is 0. The van der Waals surface area contributed by atoms with Gasteiger partial charge >= 0.3 is 5.97 Å². The van der Waals surface area contributed by atoms with Gasteiger partial charge in [0.05, 0.1) is 6.61 Å². The van der Waals surface area contributed by atoms with Crippen molar-refractivity contribution in [1.29, 1.82) is 0 Å². The van der Waals surface area contributed by atoms with Gasteiger partial charge in [0.2, 0.25) is 0 Å². The van der Waals surface area contributed by atoms with Crippen molar-refractivity contribution >= 4 is 5.97 Å². The zero-order chi connectivity index (χ0) is 12.5. The summed E-state index contributed by atoms with van der Waals surface area (Å²) in [6.07, 6.45) is 0. The quantitative estimate of drug-likeness (QED) is 0.789. The van der Waals surface area contributed by atoms with E-state index in [1.165, 1.54) is 0 Å². The van der Waals surface area contributed by atoms with E-state index in [1.807, 2.05) is 41.5 Å². The molecule has 0 aromatic carbocycles. The summed E-state index contributed by atoms with van der Waals surface area (Å²) < 4.78 is 5.14. The monoisotopic (exact) mass is 216 g/mol. The average molecular weight is 216 g/mol. The van der Waals surface area contributed by atoms with Crippen molar-refractivity contribution in [3.05, 3.63) is 0 Å². The van der Waals surface area contributed by atoms with Crippen LogP contribution < -0.4 is 0 Å². The Morgan fingerprint density at radius 1 is 1.07 bits per heavy atom. The normalized spacial score (nSPS) is 14.1. The Morgan fingerprint density at radius 3 is 1.47 bits per heavy atom. The molecule has 0 bridgehead atoms. The summed E-state index contributed by atoms with van der Waals surface area (Å²) >= 11 is 0. The van der Waals surface area contributed by atoms with Crippen molar-refractivity contribution in [2.45, 2.75) is 41.5 Å². The van der Waals surface area contributed by atoms with Crippen molar-refractivity contribution in [3.8, 4) is 0 Å². The van der Waals surface area contributed by atoms with E-state index < -0.39 is 11.4 Å². The molecular formula is C12H24O3. The third-order valence-electron chi connectivity index (χ3n) is 3.29. The number of rotatable bonds is 3. The molecule has 0 aromatic rings. The van der Waals surface area contributed by atoms with Crippen molar-refractivity contribution in [3.63, 3.8) is 0 Å². The highest BCUT2D eigenvalue weighted by molar-refractivity contribution is 5.77. The zero-order valence-electron chi connectivity index (χ0n) is 11.0. The first-order valence-electron chi connectivity index (χ1n) is 5.23. The molecule has 0 rings (SSSR count). The van der Waals surface area contributed by atoms with Crippen molar-refractivity contribution < 1.29 is 14.6 Å². The van der Waals surface area contributed by atoms with Crippen molar-refractivity contribution in [2.24, 2.45) is 16.2 Å². The SMILES string of the molecule is COCC(C(=O)O)(C(C)(C)C)C(C)(C)C. The van der Waals surface area contributed by atoms with Crippen LogP contribution in [0.1, 0.15) is 41.5 Å². The van der Waals surface area contributed by atoms with Gasteiger partial charge in [-0.2, -0.15) is 0 Å². The predicted octanol–water partition coefficient (Wildman–Crippen LogP) is 2.80. The van der Waals surface area contributed by atoms with Gasteiger partial charge in [-0.25, -0.2) is 0 Å². The van der Waals surface area contributed by atoms with Crippen LogP contribution in [0.25, 0.3) is 0 Å². The van der Waals surface area contributed by atoms with E-state index in [0.717, 1.165) is 0 Å². The Morgan fingerprint density at radius 2 is 1.40 bits per heavy atom. The lowest BCUT2D eigenvalue weighted by Gasteiger charge is -2.49. The molecule has 0 fully saturated rings. The van der Waals surface area contributed by atoms with Crippen LogP contribution in [-0.2, 0) is 9.53 Å². The molecule has 3 nitrogen and oxygen atoms in total. The maximum absolute atomic E-state index is 11.6. The minimum atomic E-state index is -0.880. The van der Waals surface area contributed by atoms with Crippen molar-refractivity contribution in [1.82, 2.24) is 0 Å². The summed E-state index contributed by atoms with van der Waals surface area (Å²) in [5.74, 6) is -0.788. The molecule has 0 saturated carbocycles. The first-order valence-corrected chi connectivity index (χ1v) is 5.23. The predicted molar refractivity (Wildman–Crippen MR) is 60.9 cm³/mol. The van der Waals surface area contributed by atoms with Crippen molar-refractivity contribution in [2.75, 3.05) is 13.7 Å². The Labute approximate surface area is 92.8 Å². The van der Waals surface area contributed by atoms with Gasteiger partial charge in [0.15, 0.2) is 0 Å². The molecule has 0 saturated heterocycles. The fourth-order valence-electron chi connectivity index (χ4n) is 2.48. The van der Waals surface area contributed by atoms with E-state index in [2.05, 4.69) is 0 Å². The Hall–Kier alpha value is -0.570. The molecule has 90 valence electrons. The van der Waals surface area contributed by atoms with Crippen LogP contribution in [0.3, 0.4) is 0 Å². The van der Waals surface area contributed by atoms with Crippen LogP contribution in [0.4, 0.5) is 0 Å². The summed E-state index contributed by atoms with van der Waals surface area (Å²) in [6.45, 7) is 11.9. The highest BCUT2D eigenvalue weighted by Crippen LogP contribution is 2.51. The number of hydrogen-bond acceptors (Lipinski definition) is 2. The van der Waals surface area contributed by atoms with Gasteiger partial charge < -0.3 is 9.84 Å². The molecule has 0 radical (unpaired) electrons. The van der Waals surface area contributed by atoms with E-state index in [0.29, 0.717) is 0 Å². The maximum atomic E-state index is 11.6. The number of carboxylic acid groups (broad SMARTS) is 1. The van der Waals surface area contributed by atoms with Gasteiger partial charge in [-0.3, -0.25) is 4.79 Å². The third kappa shape index (κ3) is 2.33. The van der Waals surface area contributed by atoms with Gasteiger partial charge in [0.1, 0.15) is 5.41 Å². The Bertz CT molecular complexity index is 216. The summed E-state index contributed by atoms with van der Waals surface area (Å²) in [5, 5.41) is 9.55. The standard InChI is InChI=1S/C12H24O3/c1-10(2,3)12(8-15-7,9(13)14)11(4,5)6/h8H2,1-7H3,(H,13,14). The van der Waals surface area contributed by atoms with Crippen LogP contribution in [0, 0.1) is 16.2 Å². The van der Waals surface area contributed by atoms with E-state index in [1.54, 1.807) is 7.11 Å². The number of carbonyl (C=O) groups is 1. The molecule has 1 N–H and O–H groups in total. The Kier molecular flexibility index (Phi) is 3.97. The fourth-order valence-corrected chi connectivity index (χ4v) is 2.48. The lowest BCUT2D eigenvalue weighted by atomic mass is 9.54. The lowest BCUT2D eigenvalue weighted by molar-refractivity contribution is -0.176. The number of carboxylic acids is 1. The van der Waals surface area contributed by atoms with E-state index in [9.17, 15) is 9.90 Å².